The molecule has 0 aromatic rings. The lowest BCUT2D eigenvalue weighted by Gasteiger charge is -2.28. The number of carboxylic acids is 1. The fraction of sp³-hybridized carbons (Fsp3) is 0.846. The summed E-state index contributed by atoms with van der Waals surface area (Å²) in [6.45, 7) is 7.08. The summed E-state index contributed by atoms with van der Waals surface area (Å²) in [5.41, 5.74) is -1.70. The highest BCUT2D eigenvalue weighted by molar-refractivity contribution is 5.78. The Kier molecular flexibility index (Phi) is 4.45. The molecule has 1 fully saturated rings. The Hall–Kier alpha value is -1.30. The molecule has 0 saturated carbocycles. The van der Waals surface area contributed by atoms with E-state index in [0.717, 1.165) is 0 Å². The minimum Gasteiger partial charge on any atom is -0.481 e. The van der Waals surface area contributed by atoms with Gasteiger partial charge in [0.15, 0.2) is 0 Å². The van der Waals surface area contributed by atoms with Crippen LogP contribution in [0, 0.1) is 11.3 Å². The summed E-state index contributed by atoms with van der Waals surface area (Å²) in [7, 11) is 0. The Labute approximate surface area is 113 Å². The molecular formula is C13H23NO5. The topological polar surface area (TPSA) is 87.1 Å². The predicted octanol–water partition coefficient (Wildman–Crippen LogP) is 1.33. The number of hydrogen-bond acceptors (Lipinski definition) is 4. The SMILES string of the molecule is CC[C@@]1(C(=O)O)CN(C(=O)OC(C)(C)C)C[C@@H]1CO. The number of aliphatic hydroxyl groups is 1. The molecule has 1 saturated heterocycles. The van der Waals surface area contributed by atoms with Gasteiger partial charge < -0.3 is 19.8 Å². The number of rotatable bonds is 3. The first-order valence-electron chi connectivity index (χ1n) is 6.48. The molecule has 1 heterocycles. The number of nitrogens with zero attached hydrogens (tertiary/aromatic N) is 1. The zero-order chi connectivity index (χ0) is 14.8. The number of carboxylic acid groups (broad SMARTS) is 1. The average molecular weight is 273 g/mol. The zero-order valence-electron chi connectivity index (χ0n) is 12.0. The minimum absolute atomic E-state index is 0.0823. The Morgan fingerprint density at radius 1 is 1.42 bits per heavy atom. The molecule has 19 heavy (non-hydrogen) atoms. The predicted molar refractivity (Wildman–Crippen MR) is 68.7 cm³/mol. The van der Waals surface area contributed by atoms with Crippen LogP contribution in [0.15, 0.2) is 0 Å². The third-order valence-electron chi connectivity index (χ3n) is 3.62. The van der Waals surface area contributed by atoms with E-state index < -0.39 is 29.0 Å². The number of likely N-dealkylation sites (tertiary alicyclic amines) is 1. The summed E-state index contributed by atoms with van der Waals surface area (Å²) < 4.78 is 5.24. The van der Waals surface area contributed by atoms with Crippen LogP contribution in [0.4, 0.5) is 4.79 Å². The van der Waals surface area contributed by atoms with Gasteiger partial charge in [-0.3, -0.25) is 4.79 Å². The van der Waals surface area contributed by atoms with Crippen LogP contribution in [0.5, 0.6) is 0 Å². The van der Waals surface area contributed by atoms with E-state index in [9.17, 15) is 19.8 Å². The lowest BCUT2D eigenvalue weighted by Crippen LogP contribution is -2.41. The summed E-state index contributed by atoms with van der Waals surface area (Å²) in [5.74, 6) is -1.43. The first kappa shape index (κ1) is 15.8. The van der Waals surface area contributed by atoms with E-state index >= 15 is 0 Å². The van der Waals surface area contributed by atoms with Gasteiger partial charge in [-0.25, -0.2) is 4.79 Å². The van der Waals surface area contributed by atoms with Crippen molar-refractivity contribution in [3.05, 3.63) is 0 Å². The van der Waals surface area contributed by atoms with Crippen molar-refractivity contribution in [3.8, 4) is 0 Å². The molecule has 0 aliphatic carbocycles. The normalized spacial score (nSPS) is 27.4. The molecule has 1 aliphatic heterocycles. The van der Waals surface area contributed by atoms with Crippen LogP contribution in [-0.4, -0.2) is 52.5 Å². The van der Waals surface area contributed by atoms with Crippen LogP contribution in [-0.2, 0) is 9.53 Å². The van der Waals surface area contributed by atoms with Gasteiger partial charge in [0.2, 0.25) is 0 Å². The Morgan fingerprint density at radius 2 is 2.00 bits per heavy atom. The minimum atomic E-state index is -1.08. The number of aliphatic carboxylic acids is 1. The van der Waals surface area contributed by atoms with E-state index in [4.69, 9.17) is 4.74 Å². The molecule has 1 rings (SSSR count). The maximum atomic E-state index is 12.0. The van der Waals surface area contributed by atoms with E-state index in [0.29, 0.717) is 6.42 Å². The monoisotopic (exact) mass is 273 g/mol. The molecule has 2 N–H and O–H groups in total. The highest BCUT2D eigenvalue weighted by atomic mass is 16.6. The van der Waals surface area contributed by atoms with Crippen LogP contribution in [0.25, 0.3) is 0 Å². The standard InChI is InChI=1S/C13H23NO5/c1-5-13(10(16)17)8-14(6-9(13)7-15)11(18)19-12(2,3)4/h9,15H,5-8H2,1-4H3,(H,16,17)/t9-,13-/m1/s1. The van der Waals surface area contributed by atoms with Crippen LogP contribution >= 0.6 is 0 Å². The third-order valence-corrected chi connectivity index (χ3v) is 3.62. The number of amides is 1. The maximum absolute atomic E-state index is 12.0. The fourth-order valence-corrected chi connectivity index (χ4v) is 2.47. The smallest absolute Gasteiger partial charge is 0.410 e. The molecular weight excluding hydrogens is 250 g/mol. The molecule has 0 bridgehead atoms. The van der Waals surface area contributed by atoms with Crippen molar-refractivity contribution in [1.29, 1.82) is 0 Å². The molecule has 0 radical (unpaired) electrons. The first-order chi connectivity index (χ1) is 8.66. The highest BCUT2D eigenvalue weighted by Crippen LogP contribution is 2.39. The molecule has 0 spiro atoms. The Balaban J connectivity index is 2.88. The van der Waals surface area contributed by atoms with Gasteiger partial charge in [-0.1, -0.05) is 6.92 Å². The quantitative estimate of drug-likeness (QED) is 0.810. The average Bonchev–Trinajstić information content (AvgIpc) is 2.66. The van der Waals surface area contributed by atoms with Crippen molar-refractivity contribution in [2.45, 2.75) is 39.7 Å². The van der Waals surface area contributed by atoms with Gasteiger partial charge >= 0.3 is 12.1 Å². The van der Waals surface area contributed by atoms with Crippen molar-refractivity contribution in [2.75, 3.05) is 19.7 Å². The molecule has 110 valence electrons. The van der Waals surface area contributed by atoms with Crippen molar-refractivity contribution in [3.63, 3.8) is 0 Å². The molecule has 1 amide bonds. The largest absolute Gasteiger partial charge is 0.481 e. The second-order valence-electron chi connectivity index (χ2n) is 6.06. The number of carbonyl (C=O) groups excluding carboxylic acids is 1. The number of hydrogen-bond donors (Lipinski definition) is 2. The highest BCUT2D eigenvalue weighted by Gasteiger charge is 2.52. The van der Waals surface area contributed by atoms with Gasteiger partial charge in [-0.2, -0.15) is 0 Å². The Bertz CT molecular complexity index is 363. The Morgan fingerprint density at radius 3 is 2.32 bits per heavy atom. The van der Waals surface area contributed by atoms with Crippen LogP contribution in [0.3, 0.4) is 0 Å². The maximum Gasteiger partial charge on any atom is 0.410 e. The summed E-state index contributed by atoms with van der Waals surface area (Å²) in [6, 6.07) is 0. The first-order valence-corrected chi connectivity index (χ1v) is 6.48. The van der Waals surface area contributed by atoms with E-state index in [1.807, 2.05) is 0 Å². The van der Waals surface area contributed by atoms with Gasteiger partial charge in [0.05, 0.1) is 5.41 Å². The van der Waals surface area contributed by atoms with E-state index in [1.165, 1.54) is 4.90 Å². The van der Waals surface area contributed by atoms with Gasteiger partial charge in [-0.05, 0) is 27.2 Å². The zero-order valence-corrected chi connectivity index (χ0v) is 12.0. The molecule has 1 aliphatic rings. The number of aliphatic hydroxyl groups excluding tert-OH is 1. The molecule has 2 atom stereocenters. The fourth-order valence-electron chi connectivity index (χ4n) is 2.47. The number of ether oxygens (including phenoxy) is 1. The summed E-state index contributed by atoms with van der Waals surface area (Å²) in [4.78, 5) is 24.8. The van der Waals surface area contributed by atoms with Gasteiger partial charge in [0, 0.05) is 25.6 Å². The van der Waals surface area contributed by atoms with Crippen molar-refractivity contribution >= 4 is 12.1 Å². The van der Waals surface area contributed by atoms with Gasteiger partial charge in [-0.15, -0.1) is 0 Å². The van der Waals surface area contributed by atoms with Crippen molar-refractivity contribution < 1.29 is 24.5 Å². The van der Waals surface area contributed by atoms with E-state index in [1.54, 1.807) is 27.7 Å². The van der Waals surface area contributed by atoms with Crippen LogP contribution in [0.2, 0.25) is 0 Å². The molecule has 0 aromatic heterocycles. The number of carbonyl (C=O) groups is 2. The molecule has 6 nitrogen and oxygen atoms in total. The summed E-state index contributed by atoms with van der Waals surface area (Å²) in [6.07, 6.45) is -0.158. The lowest BCUT2D eigenvalue weighted by molar-refractivity contribution is -0.151. The summed E-state index contributed by atoms with van der Waals surface area (Å²) in [5, 5.41) is 18.8. The van der Waals surface area contributed by atoms with Crippen LogP contribution < -0.4 is 0 Å². The lowest BCUT2D eigenvalue weighted by atomic mass is 9.76. The second-order valence-corrected chi connectivity index (χ2v) is 6.06. The van der Waals surface area contributed by atoms with Crippen molar-refractivity contribution in [2.24, 2.45) is 11.3 Å². The summed E-state index contributed by atoms with van der Waals surface area (Å²) >= 11 is 0. The molecule has 0 unspecified atom stereocenters. The van der Waals surface area contributed by atoms with Crippen molar-refractivity contribution in [1.82, 2.24) is 4.90 Å². The van der Waals surface area contributed by atoms with Gasteiger partial charge in [0.25, 0.3) is 0 Å². The molecule has 6 heteroatoms. The third kappa shape index (κ3) is 3.18. The van der Waals surface area contributed by atoms with Gasteiger partial charge in [0.1, 0.15) is 5.60 Å². The van der Waals surface area contributed by atoms with Crippen LogP contribution in [0.1, 0.15) is 34.1 Å². The van der Waals surface area contributed by atoms with E-state index in [2.05, 4.69) is 0 Å². The van der Waals surface area contributed by atoms with E-state index in [-0.39, 0.29) is 19.7 Å². The second kappa shape index (κ2) is 5.36. The molecule has 0 aromatic carbocycles.